The van der Waals surface area contributed by atoms with E-state index in [4.69, 9.17) is 4.74 Å². The molecule has 1 fully saturated rings. The monoisotopic (exact) mass is 277 g/mol. The molecule has 1 atom stereocenters. The molecule has 0 heterocycles. The molecule has 0 spiro atoms. The Morgan fingerprint density at radius 2 is 2.10 bits per heavy atom. The number of hydrogen-bond acceptors (Lipinski definition) is 3. The van der Waals surface area contributed by atoms with Gasteiger partial charge in [0.15, 0.2) is 0 Å². The van der Waals surface area contributed by atoms with Crippen molar-refractivity contribution in [3.05, 3.63) is 29.8 Å². The third-order valence-corrected chi connectivity index (χ3v) is 4.73. The zero-order valence-electron chi connectivity index (χ0n) is 12.7. The van der Waals surface area contributed by atoms with Crippen molar-refractivity contribution in [1.29, 1.82) is 0 Å². The molecule has 3 heteroatoms. The van der Waals surface area contributed by atoms with Crippen LogP contribution in [0.5, 0.6) is 5.75 Å². The highest BCUT2D eigenvalue weighted by atomic mass is 16.5. The number of rotatable bonds is 7. The van der Waals surface area contributed by atoms with Crippen LogP contribution in [0.3, 0.4) is 0 Å². The van der Waals surface area contributed by atoms with Gasteiger partial charge in [-0.25, -0.2) is 0 Å². The smallest absolute Gasteiger partial charge is 0.119 e. The topological polar surface area (TPSA) is 41.5 Å². The van der Waals surface area contributed by atoms with Gasteiger partial charge in [-0.2, -0.15) is 0 Å². The van der Waals surface area contributed by atoms with Crippen molar-refractivity contribution >= 4 is 0 Å². The number of hydrogen-bond donors (Lipinski definition) is 2. The second-order valence-corrected chi connectivity index (χ2v) is 5.98. The third-order valence-electron chi connectivity index (χ3n) is 4.73. The van der Waals surface area contributed by atoms with E-state index < -0.39 is 6.10 Å². The number of ether oxygens (including phenoxy) is 1. The van der Waals surface area contributed by atoms with Crippen LogP contribution in [0.25, 0.3) is 0 Å². The zero-order valence-corrected chi connectivity index (χ0v) is 12.7. The van der Waals surface area contributed by atoms with Crippen LogP contribution in [0.4, 0.5) is 0 Å². The van der Waals surface area contributed by atoms with Crippen LogP contribution >= 0.6 is 0 Å². The molecule has 2 N–H and O–H groups in total. The first-order valence-corrected chi connectivity index (χ1v) is 7.72. The normalized spacial score (nSPS) is 18.9. The molecule has 1 unspecified atom stereocenters. The third kappa shape index (κ3) is 3.74. The Labute approximate surface area is 122 Å². The van der Waals surface area contributed by atoms with Gasteiger partial charge in [-0.1, -0.05) is 31.9 Å². The summed E-state index contributed by atoms with van der Waals surface area (Å²) in [5, 5.41) is 13.7. The van der Waals surface area contributed by atoms with Crippen molar-refractivity contribution in [3.8, 4) is 5.75 Å². The number of aliphatic hydroxyl groups is 1. The Morgan fingerprint density at radius 1 is 1.35 bits per heavy atom. The molecule has 1 aromatic rings. The molecule has 1 saturated carbocycles. The molecular weight excluding hydrogens is 250 g/mol. The van der Waals surface area contributed by atoms with Crippen LogP contribution < -0.4 is 10.1 Å². The van der Waals surface area contributed by atoms with Gasteiger partial charge in [-0.05, 0) is 42.4 Å². The minimum absolute atomic E-state index is 0.466. The number of aliphatic hydroxyl groups excluding tert-OH is 1. The average Bonchev–Trinajstić information content (AvgIpc) is 2.96. The van der Waals surface area contributed by atoms with Crippen LogP contribution in [-0.4, -0.2) is 25.3 Å². The minimum atomic E-state index is -0.472. The predicted molar refractivity (Wildman–Crippen MR) is 82.0 cm³/mol. The van der Waals surface area contributed by atoms with Gasteiger partial charge < -0.3 is 15.2 Å². The lowest BCUT2D eigenvalue weighted by atomic mass is 9.83. The lowest BCUT2D eigenvalue weighted by molar-refractivity contribution is 0.163. The van der Waals surface area contributed by atoms with Crippen molar-refractivity contribution in [2.75, 3.05) is 20.2 Å². The van der Waals surface area contributed by atoms with Gasteiger partial charge in [0.05, 0.1) is 13.2 Å². The van der Waals surface area contributed by atoms with Crippen molar-refractivity contribution in [1.82, 2.24) is 5.32 Å². The van der Waals surface area contributed by atoms with Gasteiger partial charge in [0.1, 0.15) is 5.75 Å². The lowest BCUT2D eigenvalue weighted by Gasteiger charge is -2.28. The molecule has 0 saturated heterocycles. The van der Waals surface area contributed by atoms with Crippen LogP contribution in [0.1, 0.15) is 50.7 Å². The lowest BCUT2D eigenvalue weighted by Crippen LogP contribution is -2.34. The molecule has 3 nitrogen and oxygen atoms in total. The van der Waals surface area contributed by atoms with E-state index in [9.17, 15) is 5.11 Å². The molecule has 1 aromatic carbocycles. The summed E-state index contributed by atoms with van der Waals surface area (Å²) in [7, 11) is 1.65. The fourth-order valence-electron chi connectivity index (χ4n) is 3.22. The van der Waals surface area contributed by atoms with Crippen LogP contribution in [0.2, 0.25) is 0 Å². The SMILES string of the molecule is CCC1(CNCC(O)c2cccc(OC)c2)CCCC1. The molecule has 0 amide bonds. The maximum atomic E-state index is 10.3. The molecule has 0 bridgehead atoms. The fraction of sp³-hybridized carbons (Fsp3) is 0.647. The Kier molecular flexibility index (Phi) is 5.44. The first-order chi connectivity index (χ1) is 9.69. The summed E-state index contributed by atoms with van der Waals surface area (Å²) in [6.07, 6.45) is 6.12. The maximum absolute atomic E-state index is 10.3. The summed E-state index contributed by atoms with van der Waals surface area (Å²) >= 11 is 0. The molecule has 20 heavy (non-hydrogen) atoms. The summed E-state index contributed by atoms with van der Waals surface area (Å²) in [6.45, 7) is 3.91. The van der Waals surface area contributed by atoms with E-state index in [2.05, 4.69) is 12.2 Å². The Morgan fingerprint density at radius 3 is 2.75 bits per heavy atom. The molecular formula is C17H27NO2. The number of benzene rings is 1. The quantitative estimate of drug-likeness (QED) is 0.803. The molecule has 1 aliphatic carbocycles. The van der Waals surface area contributed by atoms with Gasteiger partial charge in [0.25, 0.3) is 0 Å². The van der Waals surface area contributed by atoms with Gasteiger partial charge in [-0.15, -0.1) is 0 Å². The average molecular weight is 277 g/mol. The van der Waals surface area contributed by atoms with E-state index in [1.807, 2.05) is 24.3 Å². The molecule has 0 aromatic heterocycles. The van der Waals surface area contributed by atoms with Gasteiger partial charge in [-0.3, -0.25) is 0 Å². The summed E-state index contributed by atoms with van der Waals surface area (Å²) in [4.78, 5) is 0. The van der Waals surface area contributed by atoms with Crippen molar-refractivity contribution in [2.24, 2.45) is 5.41 Å². The molecule has 1 aliphatic rings. The fourth-order valence-corrected chi connectivity index (χ4v) is 3.22. The van der Waals surface area contributed by atoms with E-state index in [0.29, 0.717) is 12.0 Å². The Bertz CT molecular complexity index is 413. The van der Waals surface area contributed by atoms with Crippen molar-refractivity contribution in [3.63, 3.8) is 0 Å². The second-order valence-electron chi connectivity index (χ2n) is 5.98. The summed E-state index contributed by atoms with van der Waals surface area (Å²) in [6, 6.07) is 7.66. The first-order valence-electron chi connectivity index (χ1n) is 7.72. The molecule has 112 valence electrons. The molecule has 0 aliphatic heterocycles. The zero-order chi connectivity index (χ0) is 14.4. The van der Waals surface area contributed by atoms with E-state index in [0.717, 1.165) is 17.9 Å². The van der Waals surface area contributed by atoms with Crippen molar-refractivity contribution < 1.29 is 9.84 Å². The van der Waals surface area contributed by atoms with E-state index in [1.165, 1.54) is 32.1 Å². The van der Waals surface area contributed by atoms with Crippen LogP contribution in [-0.2, 0) is 0 Å². The summed E-state index contributed by atoms with van der Waals surface area (Å²) in [5.74, 6) is 0.794. The maximum Gasteiger partial charge on any atom is 0.119 e. The Hall–Kier alpha value is -1.06. The highest BCUT2D eigenvalue weighted by Gasteiger charge is 2.31. The standard InChI is InChI=1S/C17H27NO2/c1-3-17(9-4-5-10-17)13-18-12-16(19)14-7-6-8-15(11-14)20-2/h6-8,11,16,18-19H,3-5,9-10,12-13H2,1-2H3. The van der Waals surface area contributed by atoms with Crippen LogP contribution in [0, 0.1) is 5.41 Å². The minimum Gasteiger partial charge on any atom is -0.497 e. The Balaban J connectivity index is 1.83. The molecule has 2 rings (SSSR count). The van der Waals surface area contributed by atoms with Gasteiger partial charge in [0.2, 0.25) is 0 Å². The number of nitrogens with one attached hydrogen (secondary N) is 1. The highest BCUT2D eigenvalue weighted by molar-refractivity contribution is 5.29. The van der Waals surface area contributed by atoms with E-state index in [1.54, 1.807) is 7.11 Å². The number of methoxy groups -OCH3 is 1. The largest absolute Gasteiger partial charge is 0.497 e. The summed E-state index contributed by atoms with van der Waals surface area (Å²) < 4.78 is 5.19. The molecule has 0 radical (unpaired) electrons. The van der Waals surface area contributed by atoms with Gasteiger partial charge >= 0.3 is 0 Å². The van der Waals surface area contributed by atoms with Crippen LogP contribution in [0.15, 0.2) is 24.3 Å². The van der Waals surface area contributed by atoms with Gasteiger partial charge in [0, 0.05) is 13.1 Å². The highest BCUT2D eigenvalue weighted by Crippen LogP contribution is 2.40. The van der Waals surface area contributed by atoms with E-state index >= 15 is 0 Å². The first kappa shape index (κ1) is 15.3. The predicted octanol–water partition coefficient (Wildman–Crippen LogP) is 3.29. The second kappa shape index (κ2) is 7.09. The summed E-state index contributed by atoms with van der Waals surface area (Å²) in [5.41, 5.74) is 1.38. The van der Waals surface area contributed by atoms with E-state index in [-0.39, 0.29) is 0 Å². The van der Waals surface area contributed by atoms with Crippen molar-refractivity contribution in [2.45, 2.75) is 45.1 Å².